The minimum absolute atomic E-state index is 0.0625. The largest absolute Gasteiger partial charge is 0.355 e. The Balaban J connectivity index is 1.98. The van der Waals surface area contributed by atoms with Crippen molar-refractivity contribution in [1.29, 1.82) is 0 Å². The van der Waals surface area contributed by atoms with Gasteiger partial charge in [0.05, 0.1) is 22.3 Å². The van der Waals surface area contributed by atoms with Crippen molar-refractivity contribution in [3.05, 3.63) is 57.0 Å². The number of aryl methyl sites for hydroxylation is 1. The zero-order valence-corrected chi connectivity index (χ0v) is 14.0. The molecule has 8 nitrogen and oxygen atoms in total. The van der Waals surface area contributed by atoms with Crippen LogP contribution in [0.1, 0.15) is 39.0 Å². The van der Waals surface area contributed by atoms with E-state index in [-0.39, 0.29) is 23.8 Å². The van der Waals surface area contributed by atoms with Crippen LogP contribution < -0.4 is 0 Å². The molecule has 128 valence electrons. The van der Waals surface area contributed by atoms with Crippen LogP contribution in [0.2, 0.25) is 0 Å². The third kappa shape index (κ3) is 2.82. The van der Waals surface area contributed by atoms with Gasteiger partial charge >= 0.3 is 0 Å². The summed E-state index contributed by atoms with van der Waals surface area (Å²) >= 11 is 0. The SMILES string of the molecule is CC(=O)c1c(C)[nH]c(C(=O)Cn2ncc3ccc([N+](=O)[O-])cc32)c1C. The first-order chi connectivity index (χ1) is 11.8. The number of nitro groups is 1. The standard InChI is InChI=1S/C17H16N4O4/c1-9-16(11(3)22)10(2)19-17(9)15(23)8-20-14-6-13(21(24)25)5-4-12(14)7-18-20/h4-7,19H,8H2,1-3H3. The molecular formula is C17H16N4O4. The van der Waals surface area contributed by atoms with E-state index in [9.17, 15) is 19.7 Å². The second-order valence-corrected chi connectivity index (χ2v) is 5.91. The lowest BCUT2D eigenvalue weighted by atomic mass is 10.1. The number of non-ortho nitro benzene ring substituents is 1. The number of Topliss-reactive ketones (excluding diaryl/α,β-unsaturated/α-hetero) is 2. The fourth-order valence-corrected chi connectivity index (χ4v) is 3.07. The third-order valence-electron chi connectivity index (χ3n) is 4.20. The van der Waals surface area contributed by atoms with Crippen LogP contribution in [0.15, 0.2) is 24.4 Å². The van der Waals surface area contributed by atoms with Crippen LogP contribution >= 0.6 is 0 Å². The molecule has 0 bridgehead atoms. The highest BCUT2D eigenvalue weighted by Crippen LogP contribution is 2.22. The van der Waals surface area contributed by atoms with Gasteiger partial charge < -0.3 is 4.98 Å². The van der Waals surface area contributed by atoms with Crippen LogP contribution in [0, 0.1) is 24.0 Å². The molecule has 0 saturated heterocycles. The van der Waals surface area contributed by atoms with Crippen LogP contribution in [0.25, 0.3) is 10.9 Å². The Labute approximate surface area is 142 Å². The Bertz CT molecular complexity index is 1030. The van der Waals surface area contributed by atoms with Crippen LogP contribution in [-0.2, 0) is 6.54 Å². The average Bonchev–Trinajstić information content (AvgIpc) is 3.07. The molecule has 1 aromatic carbocycles. The molecule has 1 N–H and O–H groups in total. The summed E-state index contributed by atoms with van der Waals surface area (Å²) in [6.07, 6.45) is 1.56. The summed E-state index contributed by atoms with van der Waals surface area (Å²) in [6, 6.07) is 4.39. The number of ketones is 2. The van der Waals surface area contributed by atoms with E-state index in [0.29, 0.717) is 33.4 Å². The highest BCUT2D eigenvalue weighted by Gasteiger charge is 2.21. The number of aromatic amines is 1. The molecule has 0 radical (unpaired) electrons. The van der Waals surface area contributed by atoms with Crippen LogP contribution in [-0.4, -0.2) is 31.3 Å². The van der Waals surface area contributed by atoms with Gasteiger partial charge in [0, 0.05) is 28.8 Å². The molecule has 3 aromatic rings. The quantitative estimate of drug-likeness (QED) is 0.436. The molecule has 0 amide bonds. The minimum atomic E-state index is -0.490. The summed E-state index contributed by atoms with van der Waals surface area (Å²) < 4.78 is 1.42. The number of rotatable bonds is 5. The lowest BCUT2D eigenvalue weighted by molar-refractivity contribution is -0.384. The maximum absolute atomic E-state index is 12.6. The van der Waals surface area contributed by atoms with E-state index >= 15 is 0 Å². The first-order valence-electron chi connectivity index (χ1n) is 7.63. The Morgan fingerprint density at radius 1 is 1.32 bits per heavy atom. The highest BCUT2D eigenvalue weighted by molar-refractivity contribution is 6.03. The van der Waals surface area contributed by atoms with Gasteiger partial charge in [0.1, 0.15) is 6.54 Å². The van der Waals surface area contributed by atoms with E-state index in [2.05, 4.69) is 10.1 Å². The molecule has 0 unspecified atom stereocenters. The lowest BCUT2D eigenvalue weighted by Crippen LogP contribution is -2.13. The van der Waals surface area contributed by atoms with Gasteiger partial charge in [-0.3, -0.25) is 24.4 Å². The third-order valence-corrected chi connectivity index (χ3v) is 4.20. The van der Waals surface area contributed by atoms with E-state index < -0.39 is 4.92 Å². The summed E-state index contributed by atoms with van der Waals surface area (Å²) in [5.41, 5.74) is 2.58. The first-order valence-corrected chi connectivity index (χ1v) is 7.63. The Morgan fingerprint density at radius 2 is 2.04 bits per heavy atom. The molecule has 2 heterocycles. The number of benzene rings is 1. The smallest absolute Gasteiger partial charge is 0.271 e. The molecule has 0 fully saturated rings. The molecule has 0 aliphatic rings. The minimum Gasteiger partial charge on any atom is -0.355 e. The van der Waals surface area contributed by atoms with Crippen LogP contribution in [0.5, 0.6) is 0 Å². The molecule has 2 aromatic heterocycles. The van der Waals surface area contributed by atoms with E-state index in [4.69, 9.17) is 0 Å². The van der Waals surface area contributed by atoms with E-state index in [1.807, 2.05) is 0 Å². The monoisotopic (exact) mass is 340 g/mol. The summed E-state index contributed by atoms with van der Waals surface area (Å²) in [5, 5.41) is 15.8. The van der Waals surface area contributed by atoms with Crippen molar-refractivity contribution < 1.29 is 14.5 Å². The number of nitro benzene ring substituents is 1. The average molecular weight is 340 g/mol. The Hall–Kier alpha value is -3.29. The first kappa shape index (κ1) is 16.6. The molecule has 25 heavy (non-hydrogen) atoms. The lowest BCUT2D eigenvalue weighted by Gasteiger charge is -2.03. The molecule has 8 heteroatoms. The van der Waals surface area contributed by atoms with Crippen LogP contribution in [0.4, 0.5) is 5.69 Å². The molecule has 0 spiro atoms. The molecule has 0 aliphatic carbocycles. The molecule has 3 rings (SSSR count). The van der Waals surface area contributed by atoms with Crippen molar-refractivity contribution in [2.75, 3.05) is 0 Å². The van der Waals surface area contributed by atoms with Crippen molar-refractivity contribution in [3.63, 3.8) is 0 Å². The maximum atomic E-state index is 12.6. The van der Waals surface area contributed by atoms with E-state index in [1.165, 1.54) is 23.7 Å². The number of carbonyl (C=O) groups excluding carboxylic acids is 2. The number of nitrogens with one attached hydrogen (secondary N) is 1. The van der Waals surface area contributed by atoms with Gasteiger partial charge in [0.2, 0.25) is 5.78 Å². The number of fused-ring (bicyclic) bond motifs is 1. The number of hydrogen-bond donors (Lipinski definition) is 1. The number of carbonyl (C=O) groups is 2. The van der Waals surface area contributed by atoms with Crippen molar-refractivity contribution in [2.24, 2.45) is 0 Å². The summed E-state index contributed by atoms with van der Waals surface area (Å²) in [5.74, 6) is -0.352. The van der Waals surface area contributed by atoms with Gasteiger partial charge in [0.15, 0.2) is 5.78 Å². The number of nitrogens with zero attached hydrogens (tertiary/aromatic N) is 3. The summed E-state index contributed by atoms with van der Waals surface area (Å²) in [7, 11) is 0. The predicted octanol–water partition coefficient (Wildman–Crippen LogP) is 2.97. The van der Waals surface area contributed by atoms with Gasteiger partial charge in [-0.1, -0.05) is 0 Å². The molecule has 0 atom stereocenters. The second kappa shape index (κ2) is 5.97. The van der Waals surface area contributed by atoms with E-state index in [1.54, 1.807) is 26.1 Å². The zero-order chi connectivity index (χ0) is 18.3. The molecular weight excluding hydrogens is 324 g/mol. The van der Waals surface area contributed by atoms with Gasteiger partial charge in [-0.15, -0.1) is 0 Å². The fraction of sp³-hybridized carbons (Fsp3) is 0.235. The zero-order valence-electron chi connectivity index (χ0n) is 14.0. The topological polar surface area (TPSA) is 111 Å². The number of hydrogen-bond acceptors (Lipinski definition) is 5. The normalized spacial score (nSPS) is 11.0. The Kier molecular flexibility index (Phi) is 3.96. The number of H-pyrrole nitrogens is 1. The van der Waals surface area contributed by atoms with Crippen molar-refractivity contribution in [1.82, 2.24) is 14.8 Å². The summed E-state index contributed by atoms with van der Waals surface area (Å²) in [4.78, 5) is 37.8. The van der Waals surface area contributed by atoms with Crippen molar-refractivity contribution >= 4 is 28.2 Å². The van der Waals surface area contributed by atoms with Gasteiger partial charge in [-0.25, -0.2) is 0 Å². The van der Waals surface area contributed by atoms with Crippen LogP contribution in [0.3, 0.4) is 0 Å². The van der Waals surface area contributed by atoms with Gasteiger partial charge in [0.25, 0.3) is 5.69 Å². The van der Waals surface area contributed by atoms with Crippen molar-refractivity contribution in [2.45, 2.75) is 27.3 Å². The number of aromatic nitrogens is 3. The molecule has 0 aliphatic heterocycles. The summed E-state index contributed by atoms with van der Waals surface area (Å²) in [6.45, 7) is 4.84. The second-order valence-electron chi connectivity index (χ2n) is 5.91. The van der Waals surface area contributed by atoms with E-state index in [0.717, 1.165) is 0 Å². The predicted molar refractivity (Wildman–Crippen MR) is 91.0 cm³/mol. The molecule has 0 saturated carbocycles. The van der Waals surface area contributed by atoms with Gasteiger partial charge in [-0.05, 0) is 32.4 Å². The maximum Gasteiger partial charge on any atom is 0.271 e. The highest BCUT2D eigenvalue weighted by atomic mass is 16.6. The van der Waals surface area contributed by atoms with Gasteiger partial charge in [-0.2, -0.15) is 5.10 Å². The Morgan fingerprint density at radius 3 is 2.64 bits per heavy atom. The fourth-order valence-electron chi connectivity index (χ4n) is 3.07. The van der Waals surface area contributed by atoms with Crippen molar-refractivity contribution in [3.8, 4) is 0 Å².